The minimum Gasteiger partial charge on any atom is -0.492 e. The van der Waals surface area contributed by atoms with E-state index in [-0.39, 0.29) is 6.04 Å². The van der Waals surface area contributed by atoms with Crippen molar-refractivity contribution < 1.29 is 4.74 Å². The molecule has 3 heteroatoms. The molecule has 2 atom stereocenters. The van der Waals surface area contributed by atoms with Crippen LogP contribution >= 0.6 is 0 Å². The van der Waals surface area contributed by atoms with E-state index in [4.69, 9.17) is 10.5 Å². The summed E-state index contributed by atoms with van der Waals surface area (Å²) in [4.78, 5) is 0. The maximum atomic E-state index is 6.05. The zero-order valence-electron chi connectivity index (χ0n) is 9.78. The molecular formula is C13H20N2O. The van der Waals surface area contributed by atoms with E-state index in [9.17, 15) is 0 Å². The van der Waals surface area contributed by atoms with Gasteiger partial charge < -0.3 is 15.8 Å². The highest BCUT2D eigenvalue weighted by molar-refractivity contribution is 5.57. The van der Waals surface area contributed by atoms with Crippen LogP contribution in [-0.4, -0.2) is 18.7 Å². The molecule has 16 heavy (non-hydrogen) atoms. The predicted octanol–water partition coefficient (Wildman–Crippen LogP) is 2.38. The Hall–Kier alpha value is -1.22. The molecule has 0 spiro atoms. The van der Waals surface area contributed by atoms with Crippen molar-refractivity contribution in [3.63, 3.8) is 0 Å². The van der Waals surface area contributed by atoms with E-state index in [1.165, 1.54) is 6.42 Å². The number of anilines is 1. The lowest BCUT2D eigenvalue weighted by Crippen LogP contribution is -2.35. The van der Waals surface area contributed by atoms with Crippen LogP contribution < -0.4 is 15.8 Å². The Labute approximate surface area is 97.0 Å². The molecule has 0 bridgehead atoms. The molecule has 3 nitrogen and oxygen atoms in total. The fraction of sp³-hybridized carbons (Fsp3) is 0.538. The van der Waals surface area contributed by atoms with Gasteiger partial charge in [0, 0.05) is 12.1 Å². The first-order chi connectivity index (χ1) is 7.81. The standard InChI is InChI=1S/C13H20N2O/c1-2-16-13-9-4-3-7-12(13)15-11-8-5-6-10(11)14/h3-4,7,9-11,15H,2,5-6,8,14H2,1H3/t10-,11-/m1/s1. The van der Waals surface area contributed by atoms with Gasteiger partial charge in [0.1, 0.15) is 5.75 Å². The second-order valence-electron chi connectivity index (χ2n) is 4.27. The highest BCUT2D eigenvalue weighted by Crippen LogP contribution is 2.28. The number of nitrogens with one attached hydrogen (secondary N) is 1. The maximum Gasteiger partial charge on any atom is 0.142 e. The van der Waals surface area contributed by atoms with Crippen molar-refractivity contribution in [3.8, 4) is 5.75 Å². The molecule has 1 aliphatic rings. The van der Waals surface area contributed by atoms with Crippen LogP contribution in [0.1, 0.15) is 26.2 Å². The van der Waals surface area contributed by atoms with Crippen LogP contribution in [-0.2, 0) is 0 Å². The second-order valence-corrected chi connectivity index (χ2v) is 4.27. The number of hydrogen-bond donors (Lipinski definition) is 2. The molecule has 1 aromatic carbocycles. The maximum absolute atomic E-state index is 6.05. The molecule has 0 unspecified atom stereocenters. The molecule has 0 heterocycles. The molecule has 1 aliphatic carbocycles. The topological polar surface area (TPSA) is 47.3 Å². The summed E-state index contributed by atoms with van der Waals surface area (Å²) in [5.41, 5.74) is 7.11. The van der Waals surface area contributed by atoms with E-state index >= 15 is 0 Å². The molecule has 0 radical (unpaired) electrons. The van der Waals surface area contributed by atoms with Crippen molar-refractivity contribution in [2.75, 3.05) is 11.9 Å². The van der Waals surface area contributed by atoms with Crippen LogP contribution in [0.5, 0.6) is 5.75 Å². The van der Waals surface area contributed by atoms with Gasteiger partial charge in [-0.2, -0.15) is 0 Å². The third-order valence-corrected chi connectivity index (χ3v) is 3.10. The van der Waals surface area contributed by atoms with E-state index in [0.717, 1.165) is 24.3 Å². The first-order valence-electron chi connectivity index (χ1n) is 6.05. The zero-order chi connectivity index (χ0) is 11.4. The van der Waals surface area contributed by atoms with Crippen LogP contribution in [0.3, 0.4) is 0 Å². The summed E-state index contributed by atoms with van der Waals surface area (Å²) >= 11 is 0. The van der Waals surface area contributed by atoms with Gasteiger partial charge in [-0.3, -0.25) is 0 Å². The molecule has 1 saturated carbocycles. The number of ether oxygens (including phenoxy) is 1. The Morgan fingerprint density at radius 1 is 1.38 bits per heavy atom. The quantitative estimate of drug-likeness (QED) is 0.819. The fourth-order valence-corrected chi connectivity index (χ4v) is 2.23. The van der Waals surface area contributed by atoms with E-state index in [2.05, 4.69) is 11.4 Å². The molecule has 3 N–H and O–H groups in total. The minimum absolute atomic E-state index is 0.273. The van der Waals surface area contributed by atoms with Crippen molar-refractivity contribution in [1.82, 2.24) is 0 Å². The molecule has 1 fully saturated rings. The van der Waals surface area contributed by atoms with Gasteiger partial charge in [0.25, 0.3) is 0 Å². The highest BCUT2D eigenvalue weighted by Gasteiger charge is 2.24. The molecular weight excluding hydrogens is 200 g/mol. The number of hydrogen-bond acceptors (Lipinski definition) is 3. The normalized spacial score (nSPS) is 24.4. The number of para-hydroxylation sites is 2. The van der Waals surface area contributed by atoms with Crippen molar-refractivity contribution >= 4 is 5.69 Å². The Bertz CT molecular complexity index is 340. The lowest BCUT2D eigenvalue weighted by molar-refractivity contribution is 0.341. The van der Waals surface area contributed by atoms with Crippen molar-refractivity contribution in [1.29, 1.82) is 0 Å². The lowest BCUT2D eigenvalue weighted by atomic mass is 10.1. The third kappa shape index (κ3) is 2.47. The first kappa shape index (κ1) is 11.3. The molecule has 0 saturated heterocycles. The van der Waals surface area contributed by atoms with E-state index < -0.39 is 0 Å². The summed E-state index contributed by atoms with van der Waals surface area (Å²) < 4.78 is 5.58. The summed E-state index contributed by atoms with van der Waals surface area (Å²) in [6.45, 7) is 2.69. The summed E-state index contributed by atoms with van der Waals surface area (Å²) in [6.07, 6.45) is 3.49. The SMILES string of the molecule is CCOc1ccccc1N[C@@H]1CCC[C@H]1N. The zero-order valence-corrected chi connectivity index (χ0v) is 9.78. The average Bonchev–Trinajstić information content (AvgIpc) is 2.68. The van der Waals surface area contributed by atoms with Gasteiger partial charge in [-0.05, 0) is 38.3 Å². The van der Waals surface area contributed by atoms with Crippen LogP contribution in [0, 0.1) is 0 Å². The largest absolute Gasteiger partial charge is 0.492 e. The lowest BCUT2D eigenvalue weighted by Gasteiger charge is -2.20. The second kappa shape index (κ2) is 5.21. The predicted molar refractivity (Wildman–Crippen MR) is 66.8 cm³/mol. The van der Waals surface area contributed by atoms with Gasteiger partial charge in [-0.1, -0.05) is 12.1 Å². The van der Waals surface area contributed by atoms with Crippen LogP contribution in [0.4, 0.5) is 5.69 Å². The Morgan fingerprint density at radius 3 is 2.88 bits per heavy atom. The van der Waals surface area contributed by atoms with Gasteiger partial charge in [-0.25, -0.2) is 0 Å². The Morgan fingerprint density at radius 2 is 2.19 bits per heavy atom. The monoisotopic (exact) mass is 220 g/mol. The van der Waals surface area contributed by atoms with Crippen molar-refractivity contribution in [3.05, 3.63) is 24.3 Å². The summed E-state index contributed by atoms with van der Waals surface area (Å²) in [7, 11) is 0. The highest BCUT2D eigenvalue weighted by atomic mass is 16.5. The summed E-state index contributed by atoms with van der Waals surface area (Å²) in [5, 5.41) is 3.49. The third-order valence-electron chi connectivity index (χ3n) is 3.10. The molecule has 1 aromatic rings. The average molecular weight is 220 g/mol. The van der Waals surface area contributed by atoms with Crippen LogP contribution in [0.15, 0.2) is 24.3 Å². The summed E-state index contributed by atoms with van der Waals surface area (Å²) in [5.74, 6) is 0.920. The van der Waals surface area contributed by atoms with E-state index in [0.29, 0.717) is 12.6 Å². The van der Waals surface area contributed by atoms with Gasteiger partial charge in [0.2, 0.25) is 0 Å². The fourth-order valence-electron chi connectivity index (χ4n) is 2.23. The van der Waals surface area contributed by atoms with Gasteiger partial charge in [0.05, 0.1) is 12.3 Å². The van der Waals surface area contributed by atoms with Gasteiger partial charge in [0.15, 0.2) is 0 Å². The Kier molecular flexibility index (Phi) is 3.67. The Balaban J connectivity index is 2.07. The molecule has 0 aromatic heterocycles. The smallest absolute Gasteiger partial charge is 0.142 e. The van der Waals surface area contributed by atoms with Gasteiger partial charge >= 0.3 is 0 Å². The number of rotatable bonds is 4. The van der Waals surface area contributed by atoms with E-state index in [1.54, 1.807) is 0 Å². The summed E-state index contributed by atoms with van der Waals surface area (Å²) in [6, 6.07) is 8.72. The molecule has 88 valence electrons. The van der Waals surface area contributed by atoms with Crippen LogP contribution in [0.2, 0.25) is 0 Å². The molecule has 0 aliphatic heterocycles. The minimum atomic E-state index is 0.273. The molecule has 0 amide bonds. The van der Waals surface area contributed by atoms with E-state index in [1.807, 2.05) is 25.1 Å². The van der Waals surface area contributed by atoms with Crippen molar-refractivity contribution in [2.24, 2.45) is 5.73 Å². The van der Waals surface area contributed by atoms with Crippen LogP contribution in [0.25, 0.3) is 0 Å². The first-order valence-corrected chi connectivity index (χ1v) is 6.05. The number of nitrogens with two attached hydrogens (primary N) is 1. The van der Waals surface area contributed by atoms with Crippen molar-refractivity contribution in [2.45, 2.75) is 38.3 Å². The van der Waals surface area contributed by atoms with Gasteiger partial charge in [-0.15, -0.1) is 0 Å². The molecule has 2 rings (SSSR count). The number of benzene rings is 1.